The summed E-state index contributed by atoms with van der Waals surface area (Å²) in [6, 6.07) is 0. The molecular formula is C15H19N5O3S. The molecule has 1 atom stereocenters. The first kappa shape index (κ1) is 16.7. The van der Waals surface area contributed by atoms with E-state index < -0.39 is 0 Å². The molecule has 2 aromatic rings. The molecular weight excluding hydrogens is 330 g/mol. The lowest BCUT2D eigenvalue weighted by Crippen LogP contribution is -2.40. The van der Waals surface area contributed by atoms with E-state index in [1.807, 2.05) is 13.8 Å². The Labute approximate surface area is 143 Å². The highest BCUT2D eigenvalue weighted by molar-refractivity contribution is 7.99. The van der Waals surface area contributed by atoms with Crippen LogP contribution in [-0.4, -0.2) is 31.4 Å². The highest BCUT2D eigenvalue weighted by Gasteiger charge is 2.28. The summed E-state index contributed by atoms with van der Waals surface area (Å²) in [5.74, 6) is 0.994. The topological polar surface area (TPSA) is 103 Å². The SMILES string of the molecule is CCc1c(C)nc2n(c1=O)CC(C(=O)NCc1nnc(C)o1)CS2. The maximum Gasteiger partial charge on any atom is 0.257 e. The molecule has 0 fully saturated rings. The minimum Gasteiger partial charge on any atom is -0.424 e. The van der Waals surface area contributed by atoms with Gasteiger partial charge in [0.2, 0.25) is 17.7 Å². The van der Waals surface area contributed by atoms with Gasteiger partial charge in [0.15, 0.2) is 5.16 Å². The van der Waals surface area contributed by atoms with Crippen LogP contribution in [0.15, 0.2) is 14.4 Å². The van der Waals surface area contributed by atoms with Crippen LogP contribution < -0.4 is 10.9 Å². The number of nitrogens with one attached hydrogen (secondary N) is 1. The molecule has 8 nitrogen and oxygen atoms in total. The van der Waals surface area contributed by atoms with Gasteiger partial charge in [-0.1, -0.05) is 18.7 Å². The first-order valence-electron chi connectivity index (χ1n) is 7.79. The van der Waals surface area contributed by atoms with E-state index in [4.69, 9.17) is 4.42 Å². The van der Waals surface area contributed by atoms with Gasteiger partial charge in [0.25, 0.3) is 5.56 Å². The maximum atomic E-state index is 12.6. The van der Waals surface area contributed by atoms with Crippen molar-refractivity contribution < 1.29 is 9.21 Å². The second-order valence-electron chi connectivity index (χ2n) is 5.67. The molecule has 0 aliphatic carbocycles. The third kappa shape index (κ3) is 3.21. The zero-order chi connectivity index (χ0) is 17.3. The summed E-state index contributed by atoms with van der Waals surface area (Å²) >= 11 is 1.44. The zero-order valence-electron chi connectivity index (χ0n) is 13.8. The number of fused-ring (bicyclic) bond motifs is 1. The highest BCUT2D eigenvalue weighted by atomic mass is 32.2. The summed E-state index contributed by atoms with van der Waals surface area (Å²) in [7, 11) is 0. The number of hydrogen-bond donors (Lipinski definition) is 1. The second kappa shape index (κ2) is 6.76. The molecule has 9 heteroatoms. The molecule has 3 rings (SSSR count). The molecule has 3 heterocycles. The van der Waals surface area contributed by atoms with Crippen molar-refractivity contribution >= 4 is 17.7 Å². The standard InChI is InChI=1S/C15H19N5O3S/c1-4-11-8(2)17-15-20(14(11)22)6-10(7-24-15)13(21)16-5-12-19-18-9(3)23-12/h10H,4-7H2,1-3H3,(H,16,21). The average molecular weight is 349 g/mol. The van der Waals surface area contributed by atoms with E-state index in [-0.39, 0.29) is 23.9 Å². The Morgan fingerprint density at radius 2 is 2.21 bits per heavy atom. The Morgan fingerprint density at radius 3 is 2.88 bits per heavy atom. The predicted molar refractivity (Wildman–Crippen MR) is 87.7 cm³/mol. The van der Waals surface area contributed by atoms with Crippen molar-refractivity contribution in [2.45, 2.75) is 45.4 Å². The van der Waals surface area contributed by atoms with Gasteiger partial charge in [-0.2, -0.15) is 0 Å². The second-order valence-corrected chi connectivity index (χ2v) is 6.66. The largest absolute Gasteiger partial charge is 0.424 e. The van der Waals surface area contributed by atoms with Gasteiger partial charge in [-0.15, -0.1) is 10.2 Å². The van der Waals surface area contributed by atoms with Crippen molar-refractivity contribution in [1.82, 2.24) is 25.1 Å². The van der Waals surface area contributed by atoms with E-state index in [1.54, 1.807) is 11.5 Å². The molecule has 1 N–H and O–H groups in total. The summed E-state index contributed by atoms with van der Waals surface area (Å²) in [5.41, 5.74) is 1.44. The lowest BCUT2D eigenvalue weighted by atomic mass is 10.1. The van der Waals surface area contributed by atoms with Gasteiger partial charge >= 0.3 is 0 Å². The summed E-state index contributed by atoms with van der Waals surface area (Å²) < 4.78 is 6.84. The number of rotatable bonds is 4. The van der Waals surface area contributed by atoms with Crippen LogP contribution in [-0.2, 0) is 24.3 Å². The van der Waals surface area contributed by atoms with E-state index in [9.17, 15) is 9.59 Å². The lowest BCUT2D eigenvalue weighted by molar-refractivity contribution is -0.125. The van der Waals surface area contributed by atoms with Crippen LogP contribution in [0.1, 0.15) is 30.0 Å². The lowest BCUT2D eigenvalue weighted by Gasteiger charge is -2.25. The van der Waals surface area contributed by atoms with Crippen molar-refractivity contribution in [3.63, 3.8) is 0 Å². The first-order valence-corrected chi connectivity index (χ1v) is 8.78. The number of thioether (sulfide) groups is 1. The number of hydrogen-bond acceptors (Lipinski definition) is 7. The smallest absolute Gasteiger partial charge is 0.257 e. The Balaban J connectivity index is 1.72. The van der Waals surface area contributed by atoms with Gasteiger partial charge in [0, 0.05) is 30.5 Å². The van der Waals surface area contributed by atoms with Gasteiger partial charge in [0.05, 0.1) is 12.5 Å². The van der Waals surface area contributed by atoms with Crippen molar-refractivity contribution in [2.24, 2.45) is 5.92 Å². The fraction of sp³-hybridized carbons (Fsp3) is 0.533. The van der Waals surface area contributed by atoms with Crippen molar-refractivity contribution in [3.05, 3.63) is 33.4 Å². The molecule has 128 valence electrons. The molecule has 0 spiro atoms. The van der Waals surface area contributed by atoms with Crippen LogP contribution in [0.5, 0.6) is 0 Å². The van der Waals surface area contributed by atoms with Crippen LogP contribution in [0.4, 0.5) is 0 Å². The molecule has 1 aliphatic heterocycles. The quantitative estimate of drug-likeness (QED) is 0.816. The summed E-state index contributed by atoms with van der Waals surface area (Å²) in [6.07, 6.45) is 0.635. The Morgan fingerprint density at radius 1 is 1.42 bits per heavy atom. The Hall–Kier alpha value is -2.16. The number of carbonyl (C=O) groups excluding carboxylic acids is 1. The number of nitrogens with zero attached hydrogens (tertiary/aromatic N) is 4. The fourth-order valence-electron chi connectivity index (χ4n) is 2.68. The van der Waals surface area contributed by atoms with Crippen molar-refractivity contribution in [1.29, 1.82) is 0 Å². The number of aryl methyl sites for hydroxylation is 2. The van der Waals surface area contributed by atoms with E-state index >= 15 is 0 Å². The monoisotopic (exact) mass is 349 g/mol. The van der Waals surface area contributed by atoms with Crippen LogP contribution in [0.3, 0.4) is 0 Å². The van der Waals surface area contributed by atoms with Gasteiger partial charge in [-0.25, -0.2) is 4.98 Å². The Bertz CT molecular complexity index is 829. The summed E-state index contributed by atoms with van der Waals surface area (Å²) in [6.45, 7) is 6.02. The van der Waals surface area contributed by atoms with Gasteiger partial charge in [-0.05, 0) is 13.3 Å². The van der Waals surface area contributed by atoms with Crippen molar-refractivity contribution in [3.8, 4) is 0 Å². The molecule has 1 amide bonds. The normalized spacial score (nSPS) is 16.7. The minimum atomic E-state index is -0.293. The van der Waals surface area contributed by atoms with Crippen LogP contribution in [0.25, 0.3) is 0 Å². The minimum absolute atomic E-state index is 0.0440. The predicted octanol–water partition coefficient (Wildman–Crippen LogP) is 0.844. The first-order chi connectivity index (χ1) is 11.5. The fourth-order valence-corrected chi connectivity index (χ4v) is 3.80. The van der Waals surface area contributed by atoms with Crippen LogP contribution in [0.2, 0.25) is 0 Å². The van der Waals surface area contributed by atoms with Crippen LogP contribution >= 0.6 is 11.8 Å². The summed E-state index contributed by atoms with van der Waals surface area (Å²) in [5, 5.41) is 11.0. The number of aromatic nitrogens is 4. The molecule has 24 heavy (non-hydrogen) atoms. The van der Waals surface area contributed by atoms with Gasteiger partial charge in [-0.3, -0.25) is 14.2 Å². The van der Waals surface area contributed by atoms with Crippen LogP contribution in [0, 0.1) is 19.8 Å². The van der Waals surface area contributed by atoms with E-state index in [0.29, 0.717) is 41.2 Å². The van der Waals surface area contributed by atoms with Gasteiger partial charge < -0.3 is 9.73 Å². The molecule has 0 saturated carbocycles. The van der Waals surface area contributed by atoms with E-state index in [2.05, 4.69) is 20.5 Å². The molecule has 1 unspecified atom stereocenters. The molecule has 0 aromatic carbocycles. The van der Waals surface area contributed by atoms with Crippen molar-refractivity contribution in [2.75, 3.05) is 5.75 Å². The van der Waals surface area contributed by atoms with E-state index in [0.717, 1.165) is 5.69 Å². The van der Waals surface area contributed by atoms with E-state index in [1.165, 1.54) is 11.8 Å². The average Bonchev–Trinajstić information content (AvgIpc) is 2.98. The Kier molecular flexibility index (Phi) is 4.70. The molecule has 2 aromatic heterocycles. The van der Waals surface area contributed by atoms with Gasteiger partial charge in [0.1, 0.15) is 0 Å². The number of carbonyl (C=O) groups is 1. The molecule has 0 bridgehead atoms. The third-order valence-electron chi connectivity index (χ3n) is 3.96. The maximum absolute atomic E-state index is 12.6. The third-order valence-corrected chi connectivity index (χ3v) is 5.10. The molecule has 0 saturated heterocycles. The number of amides is 1. The molecule has 1 aliphatic rings. The highest BCUT2D eigenvalue weighted by Crippen LogP contribution is 2.26. The zero-order valence-corrected chi connectivity index (χ0v) is 14.6. The molecule has 0 radical (unpaired) electrons. The summed E-state index contributed by atoms with van der Waals surface area (Å²) in [4.78, 5) is 29.4.